The van der Waals surface area contributed by atoms with E-state index in [2.05, 4.69) is 0 Å². The van der Waals surface area contributed by atoms with Crippen LogP contribution in [0.25, 0.3) is 0 Å². The number of ether oxygens (including phenoxy) is 1. The van der Waals surface area contributed by atoms with Crippen LogP contribution in [0.5, 0.6) is 0 Å². The third kappa shape index (κ3) is 3.81. The first-order chi connectivity index (χ1) is 13.6. The van der Waals surface area contributed by atoms with Crippen molar-refractivity contribution in [1.82, 2.24) is 10.2 Å². The van der Waals surface area contributed by atoms with Gasteiger partial charge in [-0.05, 0) is 39.5 Å². The first-order valence-corrected chi connectivity index (χ1v) is 10.1. The van der Waals surface area contributed by atoms with Gasteiger partial charge in [0, 0.05) is 18.2 Å². The first-order valence-electron chi connectivity index (χ1n) is 10.1. The van der Waals surface area contributed by atoms with Crippen molar-refractivity contribution in [2.24, 2.45) is 5.92 Å². The van der Waals surface area contributed by atoms with Crippen LogP contribution in [0.1, 0.15) is 58.8 Å². The number of carbonyl (C=O) groups is 3. The van der Waals surface area contributed by atoms with Crippen LogP contribution in [0.15, 0.2) is 11.3 Å². The van der Waals surface area contributed by atoms with Gasteiger partial charge in [-0.15, -0.1) is 0 Å². The fraction of sp³-hybridized carbons (Fsp3) is 0.750. The quantitative estimate of drug-likeness (QED) is 0.748. The fourth-order valence-electron chi connectivity index (χ4n) is 4.70. The Morgan fingerprint density at radius 3 is 2.34 bits per heavy atom. The summed E-state index contributed by atoms with van der Waals surface area (Å²) in [7, 11) is 0. The van der Waals surface area contributed by atoms with Crippen LogP contribution in [0.4, 0.5) is 13.2 Å². The molecule has 0 aromatic heterocycles. The van der Waals surface area contributed by atoms with E-state index in [1.807, 2.05) is 5.32 Å². The van der Waals surface area contributed by atoms with Crippen LogP contribution < -0.4 is 5.32 Å². The number of alkyl halides is 3. The average Bonchev–Trinajstić information content (AvgIpc) is 3.23. The summed E-state index contributed by atoms with van der Waals surface area (Å²) in [6, 6.07) is 0. The molecule has 1 saturated heterocycles. The number of nitrogens with zero attached hydrogens (tertiary/aromatic N) is 1. The van der Waals surface area contributed by atoms with E-state index in [9.17, 15) is 27.6 Å². The second-order valence-electron chi connectivity index (χ2n) is 8.14. The average molecular weight is 416 g/mol. The zero-order chi connectivity index (χ0) is 21.4. The Morgan fingerprint density at radius 1 is 1.17 bits per heavy atom. The SMILES string of the molecule is CC(=O)C1=C(C)N(C[C@@H]2CCCO2)C(=O)[C@@]1(NC(=O)C1CCCCC1)C(F)(F)F. The van der Waals surface area contributed by atoms with Crippen molar-refractivity contribution in [2.45, 2.75) is 76.6 Å². The van der Waals surface area contributed by atoms with E-state index < -0.39 is 40.8 Å². The van der Waals surface area contributed by atoms with Gasteiger partial charge in [-0.25, -0.2) is 0 Å². The molecule has 1 saturated carbocycles. The summed E-state index contributed by atoms with van der Waals surface area (Å²) < 4.78 is 48.6. The van der Waals surface area contributed by atoms with Gasteiger partial charge in [0.1, 0.15) is 0 Å². The number of carbonyl (C=O) groups excluding carboxylic acids is 3. The molecule has 3 rings (SSSR count). The molecule has 3 aliphatic rings. The summed E-state index contributed by atoms with van der Waals surface area (Å²) in [6.07, 6.45) is -0.757. The summed E-state index contributed by atoms with van der Waals surface area (Å²) in [5.41, 5.74) is -4.10. The minimum absolute atomic E-state index is 0.0701. The zero-order valence-corrected chi connectivity index (χ0v) is 16.7. The number of rotatable bonds is 5. The molecule has 0 aromatic rings. The normalized spacial score (nSPS) is 28.9. The van der Waals surface area contributed by atoms with Crippen molar-refractivity contribution in [3.63, 3.8) is 0 Å². The molecular formula is C20H27F3N2O4. The predicted molar refractivity (Wildman–Crippen MR) is 97.6 cm³/mol. The summed E-state index contributed by atoms with van der Waals surface area (Å²) in [5.74, 6) is -3.61. The number of nitrogens with one attached hydrogen (secondary N) is 1. The molecule has 0 aromatic carbocycles. The summed E-state index contributed by atoms with van der Waals surface area (Å²) in [5, 5.41) is 1.99. The van der Waals surface area contributed by atoms with Crippen molar-refractivity contribution >= 4 is 17.6 Å². The van der Waals surface area contributed by atoms with E-state index >= 15 is 0 Å². The third-order valence-corrected chi connectivity index (χ3v) is 6.18. The molecule has 2 amide bonds. The molecule has 1 N–H and O–H groups in total. The van der Waals surface area contributed by atoms with Gasteiger partial charge in [0.2, 0.25) is 11.4 Å². The topological polar surface area (TPSA) is 75.7 Å². The molecule has 0 unspecified atom stereocenters. The van der Waals surface area contributed by atoms with E-state index in [0.29, 0.717) is 25.9 Å². The maximum Gasteiger partial charge on any atom is 0.425 e. The number of hydrogen-bond acceptors (Lipinski definition) is 4. The van der Waals surface area contributed by atoms with Gasteiger partial charge in [-0.3, -0.25) is 14.4 Å². The molecule has 0 spiro atoms. The van der Waals surface area contributed by atoms with Crippen molar-refractivity contribution in [3.05, 3.63) is 11.3 Å². The smallest absolute Gasteiger partial charge is 0.376 e. The standard InChI is InChI=1S/C20H27F3N2O4/c1-12-16(13(2)26)19(20(21,22)23,24-17(27)14-7-4-3-5-8-14)18(28)25(12)11-15-9-6-10-29-15/h14-15H,3-11H2,1-2H3,(H,24,27)/t15-,19+/m0/s1. The lowest BCUT2D eigenvalue weighted by Crippen LogP contribution is -2.67. The van der Waals surface area contributed by atoms with Crippen molar-refractivity contribution < 1.29 is 32.3 Å². The van der Waals surface area contributed by atoms with Crippen LogP contribution >= 0.6 is 0 Å². The molecular weight excluding hydrogens is 389 g/mol. The lowest BCUT2D eigenvalue weighted by molar-refractivity contribution is -0.195. The highest BCUT2D eigenvalue weighted by Gasteiger charge is 2.70. The molecule has 2 fully saturated rings. The monoisotopic (exact) mass is 416 g/mol. The minimum Gasteiger partial charge on any atom is -0.376 e. The van der Waals surface area contributed by atoms with Gasteiger partial charge in [-0.2, -0.15) is 13.2 Å². The minimum atomic E-state index is -5.15. The van der Waals surface area contributed by atoms with Crippen LogP contribution in [0, 0.1) is 5.92 Å². The molecule has 29 heavy (non-hydrogen) atoms. The maximum atomic E-state index is 14.4. The summed E-state index contributed by atoms with van der Waals surface area (Å²) in [4.78, 5) is 39.1. The Morgan fingerprint density at radius 2 is 1.83 bits per heavy atom. The van der Waals surface area contributed by atoms with Crippen molar-refractivity contribution in [3.8, 4) is 0 Å². The van der Waals surface area contributed by atoms with Gasteiger partial charge < -0.3 is 15.0 Å². The van der Waals surface area contributed by atoms with E-state index in [-0.39, 0.29) is 18.3 Å². The Balaban J connectivity index is 1.99. The van der Waals surface area contributed by atoms with E-state index in [0.717, 1.165) is 37.5 Å². The van der Waals surface area contributed by atoms with Crippen LogP contribution in [0.2, 0.25) is 0 Å². The molecule has 0 bridgehead atoms. The van der Waals surface area contributed by atoms with E-state index in [4.69, 9.17) is 4.74 Å². The molecule has 162 valence electrons. The van der Waals surface area contributed by atoms with Gasteiger partial charge >= 0.3 is 6.18 Å². The zero-order valence-electron chi connectivity index (χ0n) is 16.7. The highest BCUT2D eigenvalue weighted by atomic mass is 19.4. The van der Waals surface area contributed by atoms with Crippen LogP contribution in [-0.4, -0.2) is 53.5 Å². The van der Waals surface area contributed by atoms with Crippen molar-refractivity contribution in [1.29, 1.82) is 0 Å². The van der Waals surface area contributed by atoms with Gasteiger partial charge in [0.05, 0.1) is 18.2 Å². The Hall–Kier alpha value is -1.90. The van der Waals surface area contributed by atoms with E-state index in [1.165, 1.54) is 6.92 Å². The molecule has 1 aliphatic carbocycles. The highest BCUT2D eigenvalue weighted by molar-refractivity contribution is 6.12. The van der Waals surface area contributed by atoms with Crippen molar-refractivity contribution in [2.75, 3.05) is 13.2 Å². The summed E-state index contributed by atoms with van der Waals surface area (Å²) in [6.45, 7) is 2.73. The molecule has 9 heteroatoms. The lowest BCUT2D eigenvalue weighted by atomic mass is 9.84. The highest BCUT2D eigenvalue weighted by Crippen LogP contribution is 2.45. The molecule has 6 nitrogen and oxygen atoms in total. The van der Waals surface area contributed by atoms with Gasteiger partial charge in [-0.1, -0.05) is 19.3 Å². The first kappa shape index (κ1) is 21.8. The fourth-order valence-corrected chi connectivity index (χ4v) is 4.70. The predicted octanol–water partition coefficient (Wildman–Crippen LogP) is 2.87. The number of amides is 2. The molecule has 2 atom stereocenters. The number of Topliss-reactive ketones (excluding diaryl/α,β-unsaturated/α-hetero) is 1. The Labute approximate surface area is 167 Å². The van der Waals surface area contributed by atoms with Gasteiger partial charge in [0.25, 0.3) is 5.91 Å². The largest absolute Gasteiger partial charge is 0.425 e. The summed E-state index contributed by atoms with van der Waals surface area (Å²) >= 11 is 0. The van der Waals surface area contributed by atoms with Crippen LogP contribution in [-0.2, 0) is 19.1 Å². The lowest BCUT2D eigenvalue weighted by Gasteiger charge is -2.35. The molecule has 2 heterocycles. The molecule has 0 radical (unpaired) electrons. The number of halogens is 3. The van der Waals surface area contributed by atoms with Gasteiger partial charge in [0.15, 0.2) is 5.78 Å². The Kier molecular flexibility index (Phi) is 6.08. The maximum absolute atomic E-state index is 14.4. The second kappa shape index (κ2) is 8.08. The number of hydrogen-bond donors (Lipinski definition) is 1. The van der Waals surface area contributed by atoms with Crippen LogP contribution in [0.3, 0.4) is 0 Å². The molecule has 2 aliphatic heterocycles. The number of allylic oxidation sites excluding steroid dienone is 1. The van der Waals surface area contributed by atoms with E-state index in [1.54, 1.807) is 0 Å². The third-order valence-electron chi connectivity index (χ3n) is 6.18. The number of ketones is 1. The second-order valence-corrected chi connectivity index (χ2v) is 8.14. The Bertz CT molecular complexity index is 722.